The number of benzene rings is 2. The molecule has 2 aromatic rings. The van der Waals surface area contributed by atoms with Crippen molar-refractivity contribution in [3.05, 3.63) is 70.6 Å². The zero-order valence-electron chi connectivity index (χ0n) is 11.3. The van der Waals surface area contributed by atoms with Gasteiger partial charge in [-0.15, -0.1) is 11.4 Å². The summed E-state index contributed by atoms with van der Waals surface area (Å²) in [6.45, 7) is 3.43. The molecule has 0 aliphatic carbocycles. The molecule has 21 heavy (non-hydrogen) atoms. The number of hydrogen-bond donors (Lipinski definition) is 0. The van der Waals surface area contributed by atoms with Gasteiger partial charge in [0, 0.05) is 0 Å². The van der Waals surface area contributed by atoms with E-state index in [1.807, 2.05) is 0 Å². The molecule has 0 heterocycles. The van der Waals surface area contributed by atoms with Crippen molar-refractivity contribution in [1.82, 2.24) is 0 Å². The van der Waals surface area contributed by atoms with Crippen LogP contribution in [0.2, 0.25) is 0 Å². The van der Waals surface area contributed by atoms with E-state index < -0.39 is 16.5 Å². The first kappa shape index (κ1) is 20.2. The van der Waals surface area contributed by atoms with Gasteiger partial charge in [0.05, 0.1) is 0 Å². The van der Waals surface area contributed by atoms with Crippen LogP contribution < -0.4 is 0 Å². The van der Waals surface area contributed by atoms with Crippen LogP contribution in [0.25, 0.3) is 11.5 Å². The van der Waals surface area contributed by atoms with Crippen LogP contribution in [0.1, 0.15) is 11.1 Å². The van der Waals surface area contributed by atoms with E-state index in [9.17, 15) is 8.78 Å². The van der Waals surface area contributed by atoms with Crippen LogP contribution in [0.4, 0.5) is 20.2 Å². The van der Waals surface area contributed by atoms with Gasteiger partial charge in [-0.2, -0.15) is 0 Å². The van der Waals surface area contributed by atoms with E-state index >= 15 is 0 Å². The summed E-state index contributed by atoms with van der Waals surface area (Å²) in [6, 6.07) is 8.17. The van der Waals surface area contributed by atoms with Crippen LogP contribution in [-0.4, -0.2) is 0 Å². The van der Waals surface area contributed by atoms with Crippen LogP contribution in [-0.2, 0) is 16.5 Å². The monoisotopic (exact) mass is 513 g/mol. The molecular weight excluding hydrogens is 500 g/mol. The van der Waals surface area contributed by atoms with Crippen molar-refractivity contribution >= 4 is 30.2 Å². The fraction of sp³-hybridized carbons (Fsp3) is 0.143. The number of hydrogen-bond acceptors (Lipinski definition) is 0. The number of nitrogens with one attached hydrogen (secondary N) is 2. The molecule has 0 aromatic heterocycles. The molecule has 7 heteroatoms. The van der Waals surface area contributed by atoms with Crippen molar-refractivity contribution in [2.24, 2.45) is 0 Å². The fourth-order valence-electron chi connectivity index (χ4n) is 1.25. The van der Waals surface area contributed by atoms with E-state index in [0.29, 0.717) is 22.5 Å². The molecule has 0 aliphatic rings. The van der Waals surface area contributed by atoms with Crippen molar-refractivity contribution in [2.75, 3.05) is 0 Å². The Bertz CT molecular complexity index is 519. The van der Waals surface area contributed by atoms with Gasteiger partial charge in [-0.25, -0.2) is 8.78 Å². The average molecular weight is 514 g/mol. The average Bonchev–Trinajstić information content (AvgIpc) is 2.41. The van der Waals surface area contributed by atoms with Gasteiger partial charge in [0.2, 0.25) is 0 Å². The second-order valence-corrected chi connectivity index (χ2v) is 7.25. The molecule has 2 rings (SSSR count). The first-order chi connectivity index (χ1) is 9.81. The van der Waals surface area contributed by atoms with Gasteiger partial charge in [0.15, 0.2) is 0 Å². The zero-order chi connectivity index (χ0) is 16.4. The summed E-state index contributed by atoms with van der Waals surface area (Å²) in [5.74, 6) is -0.549. The van der Waals surface area contributed by atoms with E-state index in [1.54, 1.807) is 13.8 Å². The Morgan fingerprint density at radius 1 is 0.810 bits per heavy atom. The van der Waals surface area contributed by atoms with Gasteiger partial charge in [0.1, 0.15) is 11.6 Å². The Morgan fingerprint density at radius 3 is 1.29 bits per heavy atom. The number of aryl methyl sites for hydroxylation is 2. The molecule has 2 N–H and O–H groups in total. The molecule has 118 valence electrons. The van der Waals surface area contributed by atoms with Gasteiger partial charge in [-0.05, 0) is 38.1 Å². The van der Waals surface area contributed by atoms with E-state index in [-0.39, 0.29) is 11.6 Å². The summed E-state index contributed by atoms with van der Waals surface area (Å²) >= 11 is -0.472. The third kappa shape index (κ3) is 8.92. The van der Waals surface area contributed by atoms with Crippen LogP contribution in [0.15, 0.2) is 36.4 Å². The zero-order valence-corrected chi connectivity index (χ0v) is 15.1. The molecule has 0 spiro atoms. The Morgan fingerprint density at radius 2 is 1.10 bits per heavy atom. The van der Waals surface area contributed by atoms with Gasteiger partial charge >= 0.3 is 35.3 Å². The minimum absolute atomic E-state index is 0.275. The molecule has 0 bridgehead atoms. The predicted molar refractivity (Wildman–Crippen MR) is 81.9 cm³/mol. The van der Waals surface area contributed by atoms with Crippen LogP contribution >= 0.6 is 18.8 Å². The SMILES string of the molecule is Cc1cc(F)ccc1[NH-].Cc1cc(F)ccc1[NH-].[Cl][Pt+2][Cl]. The standard InChI is InChI=1S/2C7H7FN.2ClH.Pt/c2*1-5-4-6(8)2-3-7(5)9;;;/h2*2-4,9H,1H3;2*1H;/q2*-1;;;+4/p-2. The van der Waals surface area contributed by atoms with E-state index in [1.165, 1.54) is 36.4 Å². The third-order valence-electron chi connectivity index (χ3n) is 2.38. The molecule has 0 saturated carbocycles. The van der Waals surface area contributed by atoms with Crippen LogP contribution in [0.3, 0.4) is 0 Å². The number of rotatable bonds is 0. The summed E-state index contributed by atoms with van der Waals surface area (Å²) in [5.41, 5.74) is 16.4. The molecule has 0 amide bonds. The van der Waals surface area contributed by atoms with Crippen molar-refractivity contribution in [1.29, 1.82) is 0 Å². The fourth-order valence-corrected chi connectivity index (χ4v) is 1.25. The topological polar surface area (TPSA) is 47.6 Å². The van der Waals surface area contributed by atoms with Gasteiger partial charge < -0.3 is 11.5 Å². The first-order valence-electron chi connectivity index (χ1n) is 5.59. The Hall–Kier alpha value is -0.832. The normalized spacial score (nSPS) is 9.24. The molecule has 0 atom stereocenters. The molecule has 2 nitrogen and oxygen atoms in total. The van der Waals surface area contributed by atoms with Crippen molar-refractivity contribution in [3.8, 4) is 0 Å². The molecule has 0 radical (unpaired) electrons. The van der Waals surface area contributed by atoms with Crippen molar-refractivity contribution < 1.29 is 25.3 Å². The third-order valence-corrected chi connectivity index (χ3v) is 2.38. The Balaban J connectivity index is 0.000000322. The maximum atomic E-state index is 12.3. The van der Waals surface area contributed by atoms with E-state index in [4.69, 9.17) is 30.3 Å². The molecule has 0 unspecified atom stereocenters. The minimum atomic E-state index is -0.472. The molecule has 0 saturated heterocycles. The summed E-state index contributed by atoms with van der Waals surface area (Å²) in [7, 11) is 9.75. The quantitative estimate of drug-likeness (QED) is 0.363. The Labute approximate surface area is 139 Å². The Kier molecular flexibility index (Phi) is 10.4. The number of halogens is 4. The second-order valence-electron chi connectivity index (χ2n) is 3.96. The first-order valence-corrected chi connectivity index (χ1v) is 11.2. The van der Waals surface area contributed by atoms with Crippen LogP contribution in [0, 0.1) is 25.5 Å². The maximum absolute atomic E-state index is 12.3. The van der Waals surface area contributed by atoms with Crippen molar-refractivity contribution in [3.63, 3.8) is 0 Å². The van der Waals surface area contributed by atoms with E-state index in [0.717, 1.165) is 0 Å². The van der Waals surface area contributed by atoms with Crippen LogP contribution in [0.5, 0.6) is 0 Å². The summed E-state index contributed by atoms with van der Waals surface area (Å²) in [6.07, 6.45) is 0. The predicted octanol–water partition coefficient (Wildman–Crippen LogP) is 7.01. The van der Waals surface area contributed by atoms with E-state index in [2.05, 4.69) is 0 Å². The van der Waals surface area contributed by atoms with Gasteiger partial charge in [-0.1, -0.05) is 23.3 Å². The molecular formula is C14H14Cl2F2N2Pt. The van der Waals surface area contributed by atoms with Gasteiger partial charge in [-0.3, -0.25) is 0 Å². The summed E-state index contributed by atoms with van der Waals surface area (Å²) < 4.78 is 24.5. The van der Waals surface area contributed by atoms with Gasteiger partial charge in [0.25, 0.3) is 0 Å². The second kappa shape index (κ2) is 10.8. The summed E-state index contributed by atoms with van der Waals surface area (Å²) in [4.78, 5) is 0. The molecule has 0 aliphatic heterocycles. The van der Waals surface area contributed by atoms with Crippen molar-refractivity contribution in [2.45, 2.75) is 13.8 Å². The molecule has 0 fully saturated rings. The summed E-state index contributed by atoms with van der Waals surface area (Å²) in [5, 5.41) is 0. The molecule has 2 aromatic carbocycles.